The van der Waals surface area contributed by atoms with Crippen molar-refractivity contribution in [3.63, 3.8) is 0 Å². The van der Waals surface area contributed by atoms with Crippen LogP contribution >= 0.6 is 22.9 Å². The minimum Gasteiger partial charge on any atom is -0.313 e. The molecule has 0 spiro atoms. The SMILES string of the molecule is Cc1nn([C@@H](C)c2nnc(Nc3ccn(Cc4ccccc4Cl)n3)s2)c(C)c1[N+](=O)[O-]. The number of aryl methyl sites for hydroxylation is 1. The second kappa shape index (κ2) is 8.44. The molecule has 1 atom stereocenters. The van der Waals surface area contributed by atoms with E-state index in [2.05, 4.69) is 25.7 Å². The maximum absolute atomic E-state index is 11.3. The molecule has 31 heavy (non-hydrogen) atoms. The normalized spacial score (nSPS) is 12.1. The minimum absolute atomic E-state index is 0.0266. The van der Waals surface area contributed by atoms with Gasteiger partial charge in [-0.1, -0.05) is 41.1 Å². The lowest BCUT2D eigenvalue weighted by Crippen LogP contribution is -2.10. The van der Waals surface area contributed by atoms with Crippen molar-refractivity contribution < 1.29 is 4.92 Å². The molecule has 0 saturated carbocycles. The lowest BCUT2D eigenvalue weighted by atomic mass is 10.2. The molecule has 160 valence electrons. The number of hydrogen-bond donors (Lipinski definition) is 1. The van der Waals surface area contributed by atoms with Crippen molar-refractivity contribution in [2.45, 2.75) is 33.4 Å². The molecule has 0 aliphatic heterocycles. The van der Waals surface area contributed by atoms with Gasteiger partial charge in [-0.3, -0.25) is 19.5 Å². The molecule has 1 N–H and O–H groups in total. The molecule has 12 heteroatoms. The number of benzene rings is 1. The van der Waals surface area contributed by atoms with Gasteiger partial charge in [0.2, 0.25) is 5.13 Å². The number of rotatable bonds is 7. The van der Waals surface area contributed by atoms with Crippen molar-refractivity contribution in [3.8, 4) is 0 Å². The number of anilines is 2. The van der Waals surface area contributed by atoms with Crippen LogP contribution in [0.25, 0.3) is 0 Å². The third-order valence-corrected chi connectivity index (χ3v) is 6.18. The molecule has 0 unspecified atom stereocenters. The van der Waals surface area contributed by atoms with Crippen molar-refractivity contribution in [2.75, 3.05) is 5.32 Å². The molecule has 0 fully saturated rings. The van der Waals surface area contributed by atoms with E-state index in [9.17, 15) is 10.1 Å². The third-order valence-electron chi connectivity index (χ3n) is 4.80. The minimum atomic E-state index is -0.410. The van der Waals surface area contributed by atoms with Crippen LogP contribution in [0.1, 0.15) is 34.9 Å². The zero-order chi connectivity index (χ0) is 22.1. The molecule has 1 aromatic carbocycles. The number of aromatic nitrogens is 6. The zero-order valence-corrected chi connectivity index (χ0v) is 18.6. The highest BCUT2D eigenvalue weighted by molar-refractivity contribution is 7.15. The van der Waals surface area contributed by atoms with Crippen molar-refractivity contribution in [2.24, 2.45) is 0 Å². The summed E-state index contributed by atoms with van der Waals surface area (Å²) in [7, 11) is 0. The highest BCUT2D eigenvalue weighted by Gasteiger charge is 2.26. The van der Waals surface area contributed by atoms with E-state index in [1.807, 2.05) is 43.5 Å². The van der Waals surface area contributed by atoms with Gasteiger partial charge in [-0.05, 0) is 32.4 Å². The Morgan fingerprint density at radius 3 is 2.71 bits per heavy atom. The average molecular weight is 459 g/mol. The van der Waals surface area contributed by atoms with Crippen LogP contribution in [0.3, 0.4) is 0 Å². The smallest absolute Gasteiger partial charge is 0.312 e. The molecule has 0 bridgehead atoms. The standard InChI is InChI=1S/C19H19ClN8O2S/c1-11-17(28(29)30)12(2)27(24-11)13(3)18-22-23-19(31-18)21-16-8-9-26(25-16)10-14-6-4-5-7-15(14)20/h4-9,13H,10H2,1-3H3,(H,21,23,25)/t13-/m0/s1. The van der Waals surface area contributed by atoms with Crippen LogP contribution in [0.5, 0.6) is 0 Å². The molecule has 0 radical (unpaired) electrons. The Hall–Kier alpha value is -3.31. The predicted molar refractivity (Wildman–Crippen MR) is 118 cm³/mol. The number of halogens is 1. The monoisotopic (exact) mass is 458 g/mol. The van der Waals surface area contributed by atoms with Crippen LogP contribution in [0.4, 0.5) is 16.6 Å². The summed E-state index contributed by atoms with van der Waals surface area (Å²) in [4.78, 5) is 10.8. The summed E-state index contributed by atoms with van der Waals surface area (Å²) >= 11 is 7.56. The summed E-state index contributed by atoms with van der Waals surface area (Å²) in [6.07, 6.45) is 1.85. The van der Waals surface area contributed by atoms with Gasteiger partial charge in [0.25, 0.3) is 0 Å². The van der Waals surface area contributed by atoms with Crippen molar-refractivity contribution >= 4 is 39.6 Å². The zero-order valence-electron chi connectivity index (χ0n) is 17.0. The van der Waals surface area contributed by atoms with Crippen LogP contribution < -0.4 is 5.32 Å². The maximum atomic E-state index is 11.3. The van der Waals surface area contributed by atoms with E-state index in [1.54, 1.807) is 23.2 Å². The van der Waals surface area contributed by atoms with Crippen LogP contribution in [-0.2, 0) is 6.54 Å². The van der Waals surface area contributed by atoms with Crippen LogP contribution in [0.15, 0.2) is 36.5 Å². The molecule has 4 rings (SSSR count). The Kier molecular flexibility index (Phi) is 5.70. The molecule has 10 nitrogen and oxygen atoms in total. The van der Waals surface area contributed by atoms with Gasteiger partial charge in [0.05, 0.1) is 11.5 Å². The fourth-order valence-corrected chi connectivity index (χ4v) is 4.26. The molecule has 0 saturated heterocycles. The quantitative estimate of drug-likeness (QED) is 0.320. The van der Waals surface area contributed by atoms with Crippen molar-refractivity contribution in [3.05, 3.63) is 73.6 Å². The summed E-state index contributed by atoms with van der Waals surface area (Å²) < 4.78 is 3.39. The fourth-order valence-electron chi connectivity index (χ4n) is 3.28. The molecule has 3 heterocycles. The lowest BCUT2D eigenvalue weighted by Gasteiger charge is -2.09. The molecule has 4 aromatic rings. The van der Waals surface area contributed by atoms with E-state index in [0.29, 0.717) is 38.9 Å². The molecule has 0 amide bonds. The van der Waals surface area contributed by atoms with Crippen molar-refractivity contribution in [1.29, 1.82) is 0 Å². The fraction of sp³-hybridized carbons (Fsp3) is 0.263. The first-order chi connectivity index (χ1) is 14.8. The van der Waals surface area contributed by atoms with E-state index in [1.165, 1.54) is 11.3 Å². The van der Waals surface area contributed by atoms with Gasteiger partial charge >= 0.3 is 5.69 Å². The van der Waals surface area contributed by atoms with Gasteiger partial charge in [0.1, 0.15) is 22.4 Å². The Morgan fingerprint density at radius 2 is 2.00 bits per heavy atom. The summed E-state index contributed by atoms with van der Waals surface area (Å²) in [6, 6.07) is 9.18. The Balaban J connectivity index is 1.48. The summed E-state index contributed by atoms with van der Waals surface area (Å²) in [5, 5.41) is 33.6. The van der Waals surface area contributed by atoms with E-state index in [-0.39, 0.29) is 11.7 Å². The lowest BCUT2D eigenvalue weighted by molar-refractivity contribution is -0.386. The molecular formula is C19H19ClN8O2S. The molecule has 0 aliphatic carbocycles. The van der Waals surface area contributed by atoms with E-state index in [4.69, 9.17) is 11.6 Å². The van der Waals surface area contributed by atoms with Crippen LogP contribution in [-0.4, -0.2) is 34.7 Å². The highest BCUT2D eigenvalue weighted by atomic mass is 35.5. The summed E-state index contributed by atoms with van der Waals surface area (Å²) in [5.74, 6) is 0.629. The topological polar surface area (TPSA) is 117 Å². The number of nitrogens with zero attached hydrogens (tertiary/aromatic N) is 7. The van der Waals surface area contributed by atoms with Gasteiger partial charge in [-0.25, -0.2) is 0 Å². The Labute approximate surface area is 186 Å². The van der Waals surface area contributed by atoms with Gasteiger partial charge in [-0.2, -0.15) is 10.2 Å². The first-order valence-electron chi connectivity index (χ1n) is 9.41. The third kappa shape index (κ3) is 4.28. The maximum Gasteiger partial charge on any atom is 0.312 e. The summed E-state index contributed by atoms with van der Waals surface area (Å²) in [6.45, 7) is 5.74. The second-order valence-corrected chi connectivity index (χ2v) is 8.37. The van der Waals surface area contributed by atoms with Gasteiger partial charge in [0.15, 0.2) is 5.82 Å². The molecule has 3 aromatic heterocycles. The summed E-state index contributed by atoms with van der Waals surface area (Å²) in [5.41, 5.74) is 1.86. The first-order valence-corrected chi connectivity index (χ1v) is 10.6. The highest BCUT2D eigenvalue weighted by Crippen LogP contribution is 2.30. The van der Waals surface area contributed by atoms with Gasteiger partial charge in [0, 0.05) is 17.3 Å². The van der Waals surface area contributed by atoms with E-state index < -0.39 is 4.92 Å². The van der Waals surface area contributed by atoms with E-state index >= 15 is 0 Å². The van der Waals surface area contributed by atoms with Crippen LogP contribution in [0, 0.1) is 24.0 Å². The van der Waals surface area contributed by atoms with Gasteiger partial charge < -0.3 is 5.32 Å². The average Bonchev–Trinajstić information content (AvgIpc) is 3.43. The Bertz CT molecular complexity index is 1250. The largest absolute Gasteiger partial charge is 0.313 e. The second-order valence-electron chi connectivity index (χ2n) is 6.96. The molecule has 0 aliphatic rings. The first kappa shape index (κ1) is 20.9. The Morgan fingerprint density at radius 1 is 1.23 bits per heavy atom. The van der Waals surface area contributed by atoms with Gasteiger partial charge in [-0.15, -0.1) is 10.2 Å². The number of hydrogen-bond acceptors (Lipinski definition) is 8. The number of nitrogens with one attached hydrogen (secondary N) is 1. The van der Waals surface area contributed by atoms with Crippen LogP contribution in [0.2, 0.25) is 5.02 Å². The predicted octanol–water partition coefficient (Wildman–Crippen LogP) is 4.51. The number of nitro groups is 1. The van der Waals surface area contributed by atoms with E-state index in [0.717, 1.165) is 5.56 Å². The van der Waals surface area contributed by atoms with Crippen molar-refractivity contribution in [1.82, 2.24) is 29.8 Å². The molecular weight excluding hydrogens is 440 g/mol.